The molecule has 17 heavy (non-hydrogen) atoms. The van der Waals surface area contributed by atoms with Crippen LogP contribution in [0.2, 0.25) is 0 Å². The Hall–Kier alpha value is -1.99. The lowest BCUT2D eigenvalue weighted by Gasteiger charge is -2.15. The Labute approximate surface area is 101 Å². The van der Waals surface area contributed by atoms with E-state index in [9.17, 15) is 4.79 Å². The number of aliphatic hydroxyl groups is 1. The molecule has 2 N–H and O–H groups in total. The third-order valence-electron chi connectivity index (χ3n) is 2.15. The van der Waals surface area contributed by atoms with Crippen LogP contribution in [0.5, 0.6) is 0 Å². The summed E-state index contributed by atoms with van der Waals surface area (Å²) in [5, 5.41) is 11.7. The van der Waals surface area contributed by atoms with Crippen molar-refractivity contribution in [3.8, 4) is 12.3 Å². The lowest BCUT2D eigenvalue weighted by molar-refractivity contribution is 0.147. The van der Waals surface area contributed by atoms with Crippen LogP contribution in [0, 0.1) is 12.3 Å². The van der Waals surface area contributed by atoms with Crippen LogP contribution >= 0.6 is 0 Å². The fourth-order valence-corrected chi connectivity index (χ4v) is 1.38. The lowest BCUT2D eigenvalue weighted by Crippen LogP contribution is -2.39. The Morgan fingerprint density at radius 3 is 2.76 bits per heavy atom. The molecule has 0 aliphatic carbocycles. The first kappa shape index (κ1) is 13.1. The number of aliphatic hydroxyl groups excluding tert-OH is 1. The molecule has 0 aliphatic rings. The minimum Gasteiger partial charge on any atom is -0.436 e. The van der Waals surface area contributed by atoms with Gasteiger partial charge < -0.3 is 15.2 Å². The van der Waals surface area contributed by atoms with Gasteiger partial charge in [0.15, 0.2) is 6.61 Å². The minimum absolute atomic E-state index is 0.0741. The number of hydrogen-bond donors (Lipinski definition) is 2. The van der Waals surface area contributed by atoms with Gasteiger partial charge in [-0.1, -0.05) is 36.3 Å². The summed E-state index contributed by atoms with van der Waals surface area (Å²) >= 11 is 0. The van der Waals surface area contributed by atoms with Gasteiger partial charge in [0.25, 0.3) is 0 Å². The normalized spacial score (nSPS) is 11.3. The van der Waals surface area contributed by atoms with Gasteiger partial charge in [0.1, 0.15) is 0 Å². The SMILES string of the molecule is C#CCOC(=O)NC(CO)Cc1ccccc1. The molecule has 0 heterocycles. The quantitative estimate of drug-likeness (QED) is 0.744. The number of carbonyl (C=O) groups excluding carboxylic acids is 1. The summed E-state index contributed by atoms with van der Waals surface area (Å²) in [6.45, 7) is -0.227. The molecule has 0 radical (unpaired) electrons. The first-order valence-electron chi connectivity index (χ1n) is 5.27. The zero-order valence-electron chi connectivity index (χ0n) is 9.43. The maximum atomic E-state index is 11.2. The van der Waals surface area contributed by atoms with Gasteiger partial charge in [0.05, 0.1) is 12.6 Å². The first-order valence-corrected chi connectivity index (χ1v) is 5.27. The number of ether oxygens (including phenoxy) is 1. The molecule has 1 rings (SSSR count). The van der Waals surface area contributed by atoms with E-state index in [1.807, 2.05) is 30.3 Å². The molecule has 1 amide bonds. The number of nitrogens with one attached hydrogen (secondary N) is 1. The highest BCUT2D eigenvalue weighted by atomic mass is 16.5. The second kappa shape index (κ2) is 7.31. The standard InChI is InChI=1S/C13H15NO3/c1-2-8-17-13(16)14-12(10-15)9-11-6-4-3-5-7-11/h1,3-7,12,15H,8-10H2,(H,14,16). The van der Waals surface area contributed by atoms with Crippen LogP contribution in [0.25, 0.3) is 0 Å². The molecule has 0 bridgehead atoms. The van der Waals surface area contributed by atoms with Crippen molar-refractivity contribution in [1.29, 1.82) is 0 Å². The number of alkyl carbamates (subject to hydrolysis) is 1. The van der Waals surface area contributed by atoms with Crippen molar-refractivity contribution < 1.29 is 14.6 Å². The fraction of sp³-hybridized carbons (Fsp3) is 0.308. The van der Waals surface area contributed by atoms with Gasteiger partial charge in [0, 0.05) is 0 Å². The summed E-state index contributed by atoms with van der Waals surface area (Å²) in [6.07, 6.45) is 4.89. The molecule has 0 aliphatic heterocycles. The molecular formula is C13H15NO3. The minimum atomic E-state index is -0.613. The zero-order valence-corrected chi connectivity index (χ0v) is 9.43. The van der Waals surface area contributed by atoms with Crippen molar-refractivity contribution in [2.75, 3.05) is 13.2 Å². The van der Waals surface area contributed by atoms with E-state index in [4.69, 9.17) is 11.5 Å². The highest BCUT2D eigenvalue weighted by molar-refractivity contribution is 5.67. The fourth-order valence-electron chi connectivity index (χ4n) is 1.38. The van der Waals surface area contributed by atoms with Crippen LogP contribution in [-0.2, 0) is 11.2 Å². The van der Waals surface area contributed by atoms with Crippen LogP contribution in [0.4, 0.5) is 4.79 Å². The molecule has 0 saturated carbocycles. The van der Waals surface area contributed by atoms with Crippen molar-refractivity contribution in [2.45, 2.75) is 12.5 Å². The van der Waals surface area contributed by atoms with E-state index in [2.05, 4.69) is 16.0 Å². The van der Waals surface area contributed by atoms with Crippen molar-refractivity contribution in [3.63, 3.8) is 0 Å². The average molecular weight is 233 g/mol. The van der Waals surface area contributed by atoms with E-state index < -0.39 is 6.09 Å². The van der Waals surface area contributed by atoms with Crippen LogP contribution < -0.4 is 5.32 Å². The Balaban J connectivity index is 2.44. The summed E-state index contributed by atoms with van der Waals surface area (Å²) in [7, 11) is 0. The predicted molar refractivity (Wildman–Crippen MR) is 64.3 cm³/mol. The summed E-state index contributed by atoms with van der Waals surface area (Å²) in [5.74, 6) is 2.19. The molecule has 4 heteroatoms. The van der Waals surface area contributed by atoms with Crippen molar-refractivity contribution in [3.05, 3.63) is 35.9 Å². The van der Waals surface area contributed by atoms with Crippen LogP contribution in [0.15, 0.2) is 30.3 Å². The van der Waals surface area contributed by atoms with E-state index in [0.717, 1.165) is 5.56 Å². The number of rotatable bonds is 5. The average Bonchev–Trinajstić information content (AvgIpc) is 2.36. The maximum absolute atomic E-state index is 11.2. The Morgan fingerprint density at radius 2 is 2.18 bits per heavy atom. The second-order valence-electron chi connectivity index (χ2n) is 3.49. The molecule has 90 valence electrons. The monoisotopic (exact) mass is 233 g/mol. The number of amides is 1. The molecule has 0 fully saturated rings. The number of hydrogen-bond acceptors (Lipinski definition) is 3. The summed E-state index contributed by atoms with van der Waals surface area (Å²) in [5.41, 5.74) is 1.03. The number of carbonyl (C=O) groups is 1. The largest absolute Gasteiger partial charge is 0.436 e. The number of benzene rings is 1. The smallest absolute Gasteiger partial charge is 0.408 e. The van der Waals surface area contributed by atoms with Crippen LogP contribution in [0.3, 0.4) is 0 Å². The van der Waals surface area contributed by atoms with Gasteiger partial charge in [-0.15, -0.1) is 6.42 Å². The Morgan fingerprint density at radius 1 is 1.47 bits per heavy atom. The molecule has 1 atom stereocenters. The van der Waals surface area contributed by atoms with Crippen LogP contribution in [0.1, 0.15) is 5.56 Å². The van der Waals surface area contributed by atoms with E-state index in [1.165, 1.54) is 0 Å². The molecule has 1 unspecified atom stereocenters. The highest BCUT2D eigenvalue weighted by Crippen LogP contribution is 2.03. The summed E-state index contributed by atoms with van der Waals surface area (Å²) in [6, 6.07) is 9.20. The van der Waals surface area contributed by atoms with Gasteiger partial charge in [-0.2, -0.15) is 0 Å². The molecule has 0 spiro atoms. The van der Waals surface area contributed by atoms with Gasteiger partial charge in [-0.05, 0) is 12.0 Å². The van der Waals surface area contributed by atoms with Gasteiger partial charge in [-0.25, -0.2) is 4.79 Å². The first-order chi connectivity index (χ1) is 8.26. The van der Waals surface area contributed by atoms with Gasteiger partial charge >= 0.3 is 6.09 Å². The lowest BCUT2D eigenvalue weighted by atomic mass is 10.1. The topological polar surface area (TPSA) is 58.6 Å². The Bertz CT molecular complexity index is 383. The van der Waals surface area contributed by atoms with Crippen LogP contribution in [-0.4, -0.2) is 30.5 Å². The predicted octanol–water partition coefficient (Wildman–Crippen LogP) is 0.949. The summed E-state index contributed by atoms with van der Waals surface area (Å²) in [4.78, 5) is 11.2. The molecular weight excluding hydrogens is 218 g/mol. The Kier molecular flexibility index (Phi) is 5.62. The second-order valence-corrected chi connectivity index (χ2v) is 3.49. The molecule has 1 aromatic carbocycles. The highest BCUT2D eigenvalue weighted by Gasteiger charge is 2.12. The van der Waals surface area contributed by atoms with Crippen molar-refractivity contribution in [2.24, 2.45) is 0 Å². The van der Waals surface area contributed by atoms with E-state index >= 15 is 0 Å². The van der Waals surface area contributed by atoms with Gasteiger partial charge in [-0.3, -0.25) is 0 Å². The maximum Gasteiger partial charge on any atom is 0.408 e. The summed E-state index contributed by atoms with van der Waals surface area (Å²) < 4.78 is 4.66. The van der Waals surface area contributed by atoms with E-state index in [1.54, 1.807) is 0 Å². The van der Waals surface area contributed by atoms with E-state index in [-0.39, 0.29) is 19.3 Å². The molecule has 0 saturated heterocycles. The third kappa shape index (κ3) is 5.05. The zero-order chi connectivity index (χ0) is 12.5. The van der Waals surface area contributed by atoms with Gasteiger partial charge in [0.2, 0.25) is 0 Å². The molecule has 4 nitrogen and oxygen atoms in total. The number of terminal acetylenes is 1. The molecule has 0 aromatic heterocycles. The van der Waals surface area contributed by atoms with Crippen molar-refractivity contribution in [1.82, 2.24) is 5.32 Å². The van der Waals surface area contributed by atoms with E-state index in [0.29, 0.717) is 6.42 Å². The molecule has 1 aromatic rings. The van der Waals surface area contributed by atoms with Crippen molar-refractivity contribution >= 4 is 6.09 Å². The third-order valence-corrected chi connectivity index (χ3v) is 2.15.